The fourth-order valence-electron chi connectivity index (χ4n) is 4.84. The molecule has 1 fully saturated rings. The van der Waals surface area contributed by atoms with Crippen molar-refractivity contribution in [2.75, 3.05) is 24.6 Å². The van der Waals surface area contributed by atoms with Crippen LogP contribution >= 0.6 is 11.6 Å². The number of pyridine rings is 3. The maximum atomic E-state index is 12.6. The Morgan fingerprint density at radius 3 is 2.95 bits per heavy atom. The van der Waals surface area contributed by atoms with E-state index in [0.29, 0.717) is 37.5 Å². The quantitative estimate of drug-likeness (QED) is 0.304. The SMILES string of the molecule is CCOc1cc(-c2ccc(N3CC[C@H](NC(=O)c4ncccc4Cl)[C@H](O)C3)nc2)c2c3cn[nH]c3nn2c1. The fraction of sp³-hybridized carbons (Fsp3) is 0.269. The predicted molar refractivity (Wildman–Crippen MR) is 143 cm³/mol. The molecule has 1 aliphatic heterocycles. The Bertz CT molecular complexity index is 1620. The van der Waals surface area contributed by atoms with Crippen molar-refractivity contribution in [3.8, 4) is 16.9 Å². The second-order valence-electron chi connectivity index (χ2n) is 9.07. The number of carbonyl (C=O) groups excluding carboxylic acids is 1. The molecule has 38 heavy (non-hydrogen) atoms. The lowest BCUT2D eigenvalue weighted by atomic mass is 10.0. The molecule has 3 N–H and O–H groups in total. The molecule has 1 amide bonds. The molecular weight excluding hydrogens is 508 g/mol. The first kappa shape index (κ1) is 24.1. The number of amides is 1. The number of H-pyrrole nitrogens is 1. The Kier molecular flexibility index (Phi) is 6.30. The summed E-state index contributed by atoms with van der Waals surface area (Å²) >= 11 is 6.09. The molecule has 5 aromatic rings. The van der Waals surface area contributed by atoms with Gasteiger partial charge in [-0.2, -0.15) is 5.10 Å². The van der Waals surface area contributed by atoms with E-state index in [-0.39, 0.29) is 10.7 Å². The first-order valence-corrected chi connectivity index (χ1v) is 12.7. The molecule has 1 aliphatic rings. The topological polar surface area (TPSA) is 134 Å². The van der Waals surface area contributed by atoms with Crippen LogP contribution in [0.5, 0.6) is 5.75 Å². The summed E-state index contributed by atoms with van der Waals surface area (Å²) in [5, 5.41) is 26.4. The molecule has 2 atom stereocenters. The molecule has 1 saturated heterocycles. The molecule has 5 aromatic heterocycles. The van der Waals surface area contributed by atoms with Crippen LogP contribution < -0.4 is 15.0 Å². The molecular formula is C26H25ClN8O3. The van der Waals surface area contributed by atoms with Gasteiger partial charge in [0.05, 0.1) is 47.1 Å². The zero-order valence-electron chi connectivity index (χ0n) is 20.5. The summed E-state index contributed by atoms with van der Waals surface area (Å²) in [7, 11) is 0. The highest BCUT2D eigenvalue weighted by Gasteiger charge is 2.30. The summed E-state index contributed by atoms with van der Waals surface area (Å²) < 4.78 is 7.56. The molecule has 11 nitrogen and oxygen atoms in total. The first-order chi connectivity index (χ1) is 18.5. The van der Waals surface area contributed by atoms with Gasteiger partial charge in [0.2, 0.25) is 0 Å². The summed E-state index contributed by atoms with van der Waals surface area (Å²) in [6.45, 7) is 3.42. The number of aliphatic hydroxyl groups excluding tert-OH is 1. The van der Waals surface area contributed by atoms with Crippen LogP contribution in [-0.4, -0.2) is 72.6 Å². The second-order valence-corrected chi connectivity index (χ2v) is 9.48. The van der Waals surface area contributed by atoms with E-state index in [0.717, 1.165) is 27.8 Å². The number of rotatable bonds is 6. The Morgan fingerprint density at radius 1 is 1.29 bits per heavy atom. The number of halogens is 1. The number of ether oxygens (including phenoxy) is 1. The van der Waals surface area contributed by atoms with Gasteiger partial charge in [0.15, 0.2) is 5.65 Å². The lowest BCUT2D eigenvalue weighted by Crippen LogP contribution is -2.54. The van der Waals surface area contributed by atoms with E-state index in [2.05, 4.69) is 25.6 Å². The van der Waals surface area contributed by atoms with E-state index >= 15 is 0 Å². The molecule has 0 spiro atoms. The van der Waals surface area contributed by atoms with Crippen molar-refractivity contribution in [1.82, 2.24) is 35.1 Å². The van der Waals surface area contributed by atoms with Gasteiger partial charge in [-0.15, -0.1) is 5.10 Å². The third kappa shape index (κ3) is 4.39. The van der Waals surface area contributed by atoms with Crippen LogP contribution in [0.4, 0.5) is 5.82 Å². The summed E-state index contributed by atoms with van der Waals surface area (Å²) in [6, 6.07) is 8.77. The predicted octanol–water partition coefficient (Wildman–Crippen LogP) is 3.09. The first-order valence-electron chi connectivity index (χ1n) is 12.3. The lowest BCUT2D eigenvalue weighted by Gasteiger charge is -2.36. The molecule has 0 aromatic carbocycles. The molecule has 6 heterocycles. The highest BCUT2D eigenvalue weighted by atomic mass is 35.5. The van der Waals surface area contributed by atoms with Crippen LogP contribution in [0, 0.1) is 0 Å². The Labute approximate surface area is 222 Å². The fourth-order valence-corrected chi connectivity index (χ4v) is 5.04. The molecule has 0 bridgehead atoms. The van der Waals surface area contributed by atoms with Crippen LogP contribution in [0.2, 0.25) is 5.02 Å². The number of hydrogen-bond donors (Lipinski definition) is 3. The van der Waals surface area contributed by atoms with E-state index in [1.807, 2.05) is 42.4 Å². The minimum absolute atomic E-state index is 0.148. The monoisotopic (exact) mass is 532 g/mol. The van der Waals surface area contributed by atoms with Crippen LogP contribution in [0.15, 0.2) is 55.1 Å². The van der Waals surface area contributed by atoms with Gasteiger partial charge in [0, 0.05) is 36.6 Å². The van der Waals surface area contributed by atoms with Gasteiger partial charge < -0.3 is 20.1 Å². The number of β-amino-alcohol motifs (C(OH)–C–C–N with tert-alkyl or cyclic N) is 1. The maximum absolute atomic E-state index is 12.6. The Hall–Kier alpha value is -4.22. The number of carbonyl (C=O) groups is 1. The van der Waals surface area contributed by atoms with Gasteiger partial charge in [-0.3, -0.25) is 9.89 Å². The summed E-state index contributed by atoms with van der Waals surface area (Å²) in [5.74, 6) is 1.04. The molecule has 194 valence electrons. The van der Waals surface area contributed by atoms with Crippen LogP contribution in [-0.2, 0) is 0 Å². The molecule has 0 radical (unpaired) electrons. The van der Waals surface area contributed by atoms with Gasteiger partial charge >= 0.3 is 0 Å². The number of nitrogens with one attached hydrogen (secondary N) is 2. The normalized spacial score (nSPS) is 17.7. The van der Waals surface area contributed by atoms with Crippen LogP contribution in [0.3, 0.4) is 0 Å². The van der Waals surface area contributed by atoms with E-state index < -0.39 is 18.1 Å². The van der Waals surface area contributed by atoms with Gasteiger partial charge in [0.1, 0.15) is 17.3 Å². The highest BCUT2D eigenvalue weighted by Crippen LogP contribution is 2.33. The Balaban J connectivity index is 1.21. The van der Waals surface area contributed by atoms with Crippen molar-refractivity contribution in [1.29, 1.82) is 0 Å². The zero-order chi connectivity index (χ0) is 26.2. The summed E-state index contributed by atoms with van der Waals surface area (Å²) in [4.78, 5) is 23.3. The standard InChI is InChI=1S/C26H25ClN8O3/c1-2-38-16-10-17(24-18-12-30-32-25(18)33-35(24)13-16)15-5-6-22(29-11-15)34-9-7-20(21(36)14-34)31-26(37)23-19(27)4-3-8-28-23/h3-6,8,10-13,20-21,36H,2,7,9,14H2,1H3,(H,31,37)(H,32,33)/t20-,21+/m0/s1. The average molecular weight is 533 g/mol. The molecule has 6 rings (SSSR count). The van der Waals surface area contributed by atoms with Crippen LogP contribution in [0.1, 0.15) is 23.8 Å². The number of nitrogens with zero attached hydrogens (tertiary/aromatic N) is 6. The van der Waals surface area contributed by atoms with E-state index in [4.69, 9.17) is 21.3 Å². The minimum atomic E-state index is -0.777. The van der Waals surface area contributed by atoms with E-state index in [1.165, 1.54) is 6.20 Å². The van der Waals surface area contributed by atoms with Gasteiger partial charge in [-0.05, 0) is 43.7 Å². The molecule has 12 heteroatoms. The number of hydrogen-bond acceptors (Lipinski definition) is 8. The molecule has 0 aliphatic carbocycles. The number of aromatic amines is 1. The third-order valence-electron chi connectivity index (χ3n) is 6.67. The summed E-state index contributed by atoms with van der Waals surface area (Å²) in [6.07, 6.45) is 6.70. The largest absolute Gasteiger partial charge is 0.492 e. The van der Waals surface area contributed by atoms with Crippen molar-refractivity contribution in [2.45, 2.75) is 25.5 Å². The molecule has 0 unspecified atom stereocenters. The highest BCUT2D eigenvalue weighted by molar-refractivity contribution is 6.33. The van der Waals surface area contributed by atoms with Crippen molar-refractivity contribution in [3.05, 3.63) is 65.8 Å². The van der Waals surface area contributed by atoms with Crippen LogP contribution in [0.25, 0.3) is 27.7 Å². The van der Waals surface area contributed by atoms with E-state index in [9.17, 15) is 9.90 Å². The number of fused-ring (bicyclic) bond motifs is 3. The number of aliphatic hydroxyl groups is 1. The second kappa shape index (κ2) is 9.92. The lowest BCUT2D eigenvalue weighted by molar-refractivity contribution is 0.0793. The zero-order valence-corrected chi connectivity index (χ0v) is 21.3. The van der Waals surface area contributed by atoms with Gasteiger partial charge in [-0.25, -0.2) is 14.5 Å². The van der Waals surface area contributed by atoms with Crippen molar-refractivity contribution >= 4 is 39.9 Å². The number of anilines is 1. The average Bonchev–Trinajstić information content (AvgIpc) is 3.51. The van der Waals surface area contributed by atoms with Gasteiger partial charge in [0.25, 0.3) is 5.91 Å². The van der Waals surface area contributed by atoms with Crippen molar-refractivity contribution < 1.29 is 14.6 Å². The van der Waals surface area contributed by atoms with E-state index in [1.54, 1.807) is 22.8 Å². The van der Waals surface area contributed by atoms with Gasteiger partial charge in [-0.1, -0.05) is 11.6 Å². The molecule has 0 saturated carbocycles. The van der Waals surface area contributed by atoms with Crippen molar-refractivity contribution in [2.24, 2.45) is 0 Å². The number of aromatic nitrogens is 6. The number of piperidine rings is 1. The summed E-state index contributed by atoms with van der Waals surface area (Å²) in [5.41, 5.74) is 3.58. The smallest absolute Gasteiger partial charge is 0.271 e. The third-order valence-corrected chi connectivity index (χ3v) is 6.97. The maximum Gasteiger partial charge on any atom is 0.271 e. The Morgan fingerprint density at radius 2 is 2.18 bits per heavy atom. The van der Waals surface area contributed by atoms with Crippen molar-refractivity contribution in [3.63, 3.8) is 0 Å². The minimum Gasteiger partial charge on any atom is -0.492 e.